The molecule has 0 bridgehead atoms. The quantitative estimate of drug-likeness (QED) is 0.852. The first-order valence-corrected chi connectivity index (χ1v) is 7.85. The summed E-state index contributed by atoms with van der Waals surface area (Å²) in [5.74, 6) is 0.664. The second-order valence-corrected chi connectivity index (χ2v) is 6.08. The molecule has 0 spiro atoms. The van der Waals surface area contributed by atoms with Gasteiger partial charge in [-0.25, -0.2) is 0 Å². The number of anilines is 1. The van der Waals surface area contributed by atoms with Gasteiger partial charge >= 0.3 is 0 Å². The molecule has 2 heteroatoms. The molecule has 0 aliphatic heterocycles. The Morgan fingerprint density at radius 3 is 2.60 bits per heavy atom. The number of aryl methyl sites for hydroxylation is 2. The lowest BCUT2D eigenvalue weighted by Crippen LogP contribution is -2.04. The molecule has 1 fully saturated rings. The van der Waals surface area contributed by atoms with E-state index < -0.39 is 0 Å². The minimum atomic E-state index is 0.664. The van der Waals surface area contributed by atoms with Crippen LogP contribution in [0.3, 0.4) is 0 Å². The third-order valence-corrected chi connectivity index (χ3v) is 4.41. The summed E-state index contributed by atoms with van der Waals surface area (Å²) in [5.41, 5.74) is 6.32. The Bertz CT molecular complexity index is 625. The molecule has 2 aromatic rings. The van der Waals surface area contributed by atoms with Crippen molar-refractivity contribution in [3.8, 4) is 0 Å². The predicted octanol–water partition coefficient (Wildman–Crippen LogP) is 4.94. The van der Waals surface area contributed by atoms with Crippen LogP contribution in [-0.2, 0) is 0 Å². The number of pyridine rings is 1. The molecule has 3 rings (SSSR count). The number of hydrogen-bond donors (Lipinski definition) is 1. The maximum absolute atomic E-state index is 4.98. The van der Waals surface area contributed by atoms with E-state index in [-0.39, 0.29) is 0 Å². The van der Waals surface area contributed by atoms with Crippen molar-refractivity contribution in [3.63, 3.8) is 0 Å². The fraction of sp³-hybridized carbons (Fsp3) is 0.500. The second-order valence-electron chi connectivity index (χ2n) is 6.08. The van der Waals surface area contributed by atoms with Gasteiger partial charge in [-0.15, -0.1) is 0 Å². The van der Waals surface area contributed by atoms with Crippen LogP contribution in [-0.4, -0.2) is 11.5 Å². The van der Waals surface area contributed by atoms with E-state index in [1.165, 1.54) is 53.6 Å². The summed E-state index contributed by atoms with van der Waals surface area (Å²) in [4.78, 5) is 4.98. The summed E-state index contributed by atoms with van der Waals surface area (Å²) in [7, 11) is 0. The molecule has 0 radical (unpaired) electrons. The third kappa shape index (κ3) is 2.39. The first kappa shape index (κ1) is 13.4. The Balaban J connectivity index is 2.19. The molecule has 2 nitrogen and oxygen atoms in total. The molecule has 20 heavy (non-hydrogen) atoms. The smallest absolute Gasteiger partial charge is 0.0731 e. The first-order chi connectivity index (χ1) is 9.69. The summed E-state index contributed by atoms with van der Waals surface area (Å²) >= 11 is 0. The van der Waals surface area contributed by atoms with Crippen molar-refractivity contribution < 1.29 is 0 Å². The standard InChI is InChI=1S/C18H24N2/c1-4-19-16-11-15(14-7-5-6-8-14)20-17-10-12(2)9-13(3)18(16)17/h9-11,14H,4-8H2,1-3H3,(H,19,20). The van der Waals surface area contributed by atoms with E-state index in [2.05, 4.69) is 44.3 Å². The summed E-state index contributed by atoms with van der Waals surface area (Å²) in [5, 5.41) is 4.83. The number of benzene rings is 1. The van der Waals surface area contributed by atoms with Gasteiger partial charge in [0.2, 0.25) is 0 Å². The zero-order valence-corrected chi connectivity index (χ0v) is 12.8. The zero-order valence-electron chi connectivity index (χ0n) is 12.8. The fourth-order valence-corrected chi connectivity index (χ4v) is 3.54. The average Bonchev–Trinajstić information content (AvgIpc) is 2.91. The van der Waals surface area contributed by atoms with Crippen LogP contribution >= 0.6 is 0 Å². The lowest BCUT2D eigenvalue weighted by atomic mass is 9.98. The van der Waals surface area contributed by atoms with Crippen LogP contribution in [0.1, 0.15) is 55.3 Å². The van der Waals surface area contributed by atoms with E-state index >= 15 is 0 Å². The molecule has 0 saturated heterocycles. The SMILES string of the molecule is CCNc1cc(C2CCCC2)nc2cc(C)cc(C)c12. The van der Waals surface area contributed by atoms with Crippen molar-refractivity contribution in [1.82, 2.24) is 4.98 Å². The van der Waals surface area contributed by atoms with Crippen molar-refractivity contribution in [2.24, 2.45) is 0 Å². The van der Waals surface area contributed by atoms with Gasteiger partial charge < -0.3 is 5.32 Å². The fourth-order valence-electron chi connectivity index (χ4n) is 3.54. The van der Waals surface area contributed by atoms with Crippen molar-refractivity contribution in [1.29, 1.82) is 0 Å². The molecule has 1 heterocycles. The maximum Gasteiger partial charge on any atom is 0.0731 e. The van der Waals surface area contributed by atoms with Crippen molar-refractivity contribution in [2.45, 2.75) is 52.4 Å². The molecule has 1 aliphatic carbocycles. The molecule has 0 atom stereocenters. The number of nitrogens with zero attached hydrogens (tertiary/aromatic N) is 1. The highest BCUT2D eigenvalue weighted by atomic mass is 14.9. The Morgan fingerprint density at radius 1 is 1.15 bits per heavy atom. The van der Waals surface area contributed by atoms with Gasteiger partial charge in [0, 0.05) is 29.2 Å². The number of rotatable bonds is 3. The minimum Gasteiger partial charge on any atom is -0.385 e. The topological polar surface area (TPSA) is 24.9 Å². The first-order valence-electron chi connectivity index (χ1n) is 7.85. The number of hydrogen-bond acceptors (Lipinski definition) is 2. The van der Waals surface area contributed by atoms with Gasteiger partial charge in [0.15, 0.2) is 0 Å². The Kier molecular flexibility index (Phi) is 3.64. The van der Waals surface area contributed by atoms with Gasteiger partial charge in [-0.2, -0.15) is 0 Å². The highest BCUT2D eigenvalue weighted by molar-refractivity contribution is 5.94. The molecule has 1 aromatic carbocycles. The highest BCUT2D eigenvalue weighted by Crippen LogP contribution is 2.36. The van der Waals surface area contributed by atoms with Gasteiger partial charge in [-0.05, 0) is 56.9 Å². The average molecular weight is 268 g/mol. The Labute approximate surface area is 121 Å². The summed E-state index contributed by atoms with van der Waals surface area (Å²) < 4.78 is 0. The molecule has 106 valence electrons. The highest BCUT2D eigenvalue weighted by Gasteiger charge is 2.20. The van der Waals surface area contributed by atoms with Gasteiger partial charge in [0.05, 0.1) is 5.52 Å². The van der Waals surface area contributed by atoms with E-state index in [1.54, 1.807) is 0 Å². The van der Waals surface area contributed by atoms with Crippen LogP contribution in [0.5, 0.6) is 0 Å². The molecule has 1 N–H and O–H groups in total. The van der Waals surface area contributed by atoms with Gasteiger partial charge in [-0.3, -0.25) is 4.98 Å². The van der Waals surface area contributed by atoms with E-state index in [9.17, 15) is 0 Å². The molecule has 0 unspecified atom stereocenters. The summed E-state index contributed by atoms with van der Waals surface area (Å²) in [6, 6.07) is 6.77. The van der Waals surface area contributed by atoms with E-state index in [1.807, 2.05) is 0 Å². The summed E-state index contributed by atoms with van der Waals surface area (Å²) in [6.07, 6.45) is 5.31. The van der Waals surface area contributed by atoms with Crippen LogP contribution in [0.25, 0.3) is 10.9 Å². The molecule has 1 saturated carbocycles. The van der Waals surface area contributed by atoms with Crippen LogP contribution < -0.4 is 5.32 Å². The number of fused-ring (bicyclic) bond motifs is 1. The lowest BCUT2D eigenvalue weighted by molar-refractivity contribution is 0.701. The van der Waals surface area contributed by atoms with Crippen LogP contribution in [0.4, 0.5) is 5.69 Å². The van der Waals surface area contributed by atoms with Gasteiger partial charge in [0.1, 0.15) is 0 Å². The third-order valence-electron chi connectivity index (χ3n) is 4.41. The molecular formula is C18H24N2. The lowest BCUT2D eigenvalue weighted by Gasteiger charge is -2.16. The largest absolute Gasteiger partial charge is 0.385 e. The van der Waals surface area contributed by atoms with Crippen LogP contribution in [0, 0.1) is 13.8 Å². The van der Waals surface area contributed by atoms with E-state index in [0.717, 1.165) is 12.1 Å². The monoisotopic (exact) mass is 268 g/mol. The van der Waals surface area contributed by atoms with E-state index in [4.69, 9.17) is 4.98 Å². The number of nitrogens with one attached hydrogen (secondary N) is 1. The summed E-state index contributed by atoms with van der Waals surface area (Å²) in [6.45, 7) is 7.46. The number of aromatic nitrogens is 1. The molecule has 1 aliphatic rings. The normalized spacial score (nSPS) is 15.9. The molecule has 1 aromatic heterocycles. The predicted molar refractivity (Wildman–Crippen MR) is 86.6 cm³/mol. The maximum atomic E-state index is 4.98. The van der Waals surface area contributed by atoms with E-state index in [0.29, 0.717) is 5.92 Å². The Morgan fingerprint density at radius 2 is 1.90 bits per heavy atom. The zero-order chi connectivity index (χ0) is 14.1. The van der Waals surface area contributed by atoms with Crippen molar-refractivity contribution in [3.05, 3.63) is 35.0 Å². The molecular weight excluding hydrogens is 244 g/mol. The molecule has 0 amide bonds. The van der Waals surface area contributed by atoms with Crippen molar-refractivity contribution >= 4 is 16.6 Å². The Hall–Kier alpha value is -1.57. The minimum absolute atomic E-state index is 0.664. The van der Waals surface area contributed by atoms with Crippen LogP contribution in [0.15, 0.2) is 18.2 Å². The second kappa shape index (κ2) is 5.43. The van der Waals surface area contributed by atoms with Crippen LogP contribution in [0.2, 0.25) is 0 Å². The van der Waals surface area contributed by atoms with Crippen molar-refractivity contribution in [2.75, 3.05) is 11.9 Å². The van der Waals surface area contributed by atoms with Gasteiger partial charge in [0.25, 0.3) is 0 Å². The van der Waals surface area contributed by atoms with Gasteiger partial charge in [-0.1, -0.05) is 18.9 Å².